The van der Waals surface area contributed by atoms with Crippen molar-refractivity contribution < 1.29 is 19.1 Å². The fourth-order valence-electron chi connectivity index (χ4n) is 4.76. The molecular weight excluding hydrogens is 444 g/mol. The van der Waals surface area contributed by atoms with Crippen LogP contribution in [0.4, 0.5) is 0 Å². The number of nitrogens with one attached hydrogen (secondary N) is 1. The van der Waals surface area contributed by atoms with Crippen molar-refractivity contribution in [2.24, 2.45) is 0 Å². The lowest BCUT2D eigenvalue weighted by Crippen LogP contribution is -2.49. The van der Waals surface area contributed by atoms with Gasteiger partial charge in [-0.15, -0.1) is 0 Å². The molecule has 0 aromatic heterocycles. The molecule has 1 N–H and O–H groups in total. The molecule has 0 bridgehead atoms. The molecule has 0 radical (unpaired) electrons. The monoisotopic (exact) mass is 480 g/mol. The van der Waals surface area contributed by atoms with E-state index in [4.69, 9.17) is 9.47 Å². The second kappa shape index (κ2) is 12.0. The fraction of sp³-hybridized carbons (Fsp3) is 0.481. The van der Waals surface area contributed by atoms with Crippen molar-refractivity contribution in [1.82, 2.24) is 20.0 Å². The van der Waals surface area contributed by atoms with Crippen LogP contribution in [0.1, 0.15) is 28.8 Å². The van der Waals surface area contributed by atoms with E-state index in [1.165, 1.54) is 5.56 Å². The number of hydrogen-bond donors (Lipinski definition) is 1. The van der Waals surface area contributed by atoms with Crippen LogP contribution in [0.3, 0.4) is 0 Å². The number of ether oxygens (including phenoxy) is 2. The summed E-state index contributed by atoms with van der Waals surface area (Å²) in [5.41, 5.74) is 1.81. The lowest BCUT2D eigenvalue weighted by Gasteiger charge is -2.34. The molecule has 35 heavy (non-hydrogen) atoms. The van der Waals surface area contributed by atoms with Crippen molar-refractivity contribution in [1.29, 1.82) is 0 Å². The first-order chi connectivity index (χ1) is 17.0. The topological polar surface area (TPSA) is 74.4 Å². The van der Waals surface area contributed by atoms with E-state index in [9.17, 15) is 9.59 Å². The summed E-state index contributed by atoms with van der Waals surface area (Å²) in [6.45, 7) is 6.13. The van der Waals surface area contributed by atoms with E-state index in [0.29, 0.717) is 37.4 Å². The van der Waals surface area contributed by atoms with E-state index in [1.54, 1.807) is 7.11 Å². The zero-order chi connectivity index (χ0) is 24.6. The van der Waals surface area contributed by atoms with Crippen LogP contribution in [0.15, 0.2) is 48.5 Å². The largest absolute Gasteiger partial charge is 0.496 e. The van der Waals surface area contributed by atoms with E-state index >= 15 is 0 Å². The van der Waals surface area contributed by atoms with Crippen LogP contribution in [0, 0.1) is 0 Å². The summed E-state index contributed by atoms with van der Waals surface area (Å²) < 4.78 is 11.4. The zero-order valence-electron chi connectivity index (χ0n) is 20.7. The Balaban J connectivity index is 1.18. The van der Waals surface area contributed by atoms with Gasteiger partial charge >= 0.3 is 0 Å². The molecule has 2 amide bonds. The smallest absolute Gasteiger partial charge is 0.257 e. The van der Waals surface area contributed by atoms with Crippen LogP contribution in [0.25, 0.3) is 0 Å². The molecule has 188 valence electrons. The second-order valence-electron chi connectivity index (χ2n) is 9.33. The van der Waals surface area contributed by atoms with Crippen LogP contribution in [-0.4, -0.2) is 92.6 Å². The molecular formula is C27H36N4O4. The summed E-state index contributed by atoms with van der Waals surface area (Å²) in [5, 5.41) is 3.03. The van der Waals surface area contributed by atoms with Crippen molar-refractivity contribution in [3.8, 4) is 11.5 Å². The Labute approximate surface area is 207 Å². The molecule has 2 aliphatic rings. The van der Waals surface area contributed by atoms with Gasteiger partial charge in [-0.1, -0.05) is 24.3 Å². The standard InChI is InChI=1S/C27H36N4O4/c1-29(20-22-10-11-26(32)28-22)19-21-6-5-7-23(18-21)35-17-16-30-12-14-31(15-13-30)27(33)24-8-3-4-9-25(24)34-2/h3-9,18,22H,10-17,19-20H2,1-2H3,(H,28,32)/t22-/m1/s1. The minimum absolute atomic E-state index is 0.0236. The van der Waals surface area contributed by atoms with Crippen molar-refractivity contribution >= 4 is 11.8 Å². The molecule has 0 unspecified atom stereocenters. The third-order valence-corrected chi connectivity index (χ3v) is 6.64. The van der Waals surface area contributed by atoms with Crippen LogP contribution in [-0.2, 0) is 11.3 Å². The number of carbonyl (C=O) groups excluding carboxylic acids is 2. The Kier molecular flexibility index (Phi) is 8.60. The molecule has 4 rings (SSSR count). The molecule has 2 aromatic rings. The van der Waals surface area contributed by atoms with Crippen molar-refractivity contribution in [2.75, 3.05) is 60.0 Å². The van der Waals surface area contributed by atoms with Gasteiger partial charge in [0.1, 0.15) is 18.1 Å². The normalized spacial score (nSPS) is 18.5. The molecule has 8 heteroatoms. The van der Waals surface area contributed by atoms with Gasteiger partial charge in [-0.3, -0.25) is 14.5 Å². The van der Waals surface area contributed by atoms with E-state index in [0.717, 1.165) is 44.9 Å². The Morgan fingerprint density at radius 3 is 2.66 bits per heavy atom. The van der Waals surface area contributed by atoms with Gasteiger partial charge in [0, 0.05) is 58.3 Å². The van der Waals surface area contributed by atoms with Gasteiger partial charge in [0.25, 0.3) is 5.91 Å². The first kappa shape index (κ1) is 25.0. The van der Waals surface area contributed by atoms with E-state index in [1.807, 2.05) is 41.3 Å². The fourth-order valence-corrected chi connectivity index (χ4v) is 4.76. The molecule has 0 spiro atoms. The first-order valence-corrected chi connectivity index (χ1v) is 12.4. The Hall–Kier alpha value is -3.10. The van der Waals surface area contributed by atoms with E-state index in [2.05, 4.69) is 34.3 Å². The summed E-state index contributed by atoms with van der Waals surface area (Å²) in [7, 11) is 3.67. The van der Waals surface area contributed by atoms with Crippen molar-refractivity contribution in [3.05, 3.63) is 59.7 Å². The third-order valence-electron chi connectivity index (χ3n) is 6.64. The Morgan fingerprint density at radius 2 is 1.91 bits per heavy atom. The summed E-state index contributed by atoms with van der Waals surface area (Å²) >= 11 is 0. The number of piperazine rings is 1. The number of likely N-dealkylation sites (N-methyl/N-ethyl adjacent to an activating group) is 1. The molecule has 0 aliphatic carbocycles. The number of amides is 2. The molecule has 2 heterocycles. The Morgan fingerprint density at radius 1 is 1.11 bits per heavy atom. The van der Waals surface area contributed by atoms with Crippen molar-refractivity contribution in [3.63, 3.8) is 0 Å². The predicted molar refractivity (Wildman–Crippen MR) is 135 cm³/mol. The number of carbonyl (C=O) groups is 2. The highest BCUT2D eigenvalue weighted by Crippen LogP contribution is 2.20. The molecule has 8 nitrogen and oxygen atoms in total. The van der Waals surface area contributed by atoms with Gasteiger partial charge in [0.2, 0.25) is 5.91 Å². The van der Waals surface area contributed by atoms with E-state index in [-0.39, 0.29) is 17.9 Å². The number of benzene rings is 2. The molecule has 2 saturated heterocycles. The molecule has 2 fully saturated rings. The molecule has 2 aromatic carbocycles. The number of nitrogens with zero attached hydrogens (tertiary/aromatic N) is 3. The van der Waals surface area contributed by atoms with Gasteiger partial charge in [-0.05, 0) is 43.3 Å². The third kappa shape index (κ3) is 6.96. The lowest BCUT2D eigenvalue weighted by molar-refractivity contribution is -0.119. The average molecular weight is 481 g/mol. The first-order valence-electron chi connectivity index (χ1n) is 12.4. The summed E-state index contributed by atoms with van der Waals surface area (Å²) in [5.74, 6) is 1.67. The maximum atomic E-state index is 12.9. The molecule has 2 aliphatic heterocycles. The number of methoxy groups -OCH3 is 1. The Bertz CT molecular complexity index is 1010. The number of para-hydroxylation sites is 1. The van der Waals surface area contributed by atoms with Gasteiger partial charge < -0.3 is 24.6 Å². The maximum Gasteiger partial charge on any atom is 0.257 e. The number of hydrogen-bond acceptors (Lipinski definition) is 6. The average Bonchev–Trinajstić information content (AvgIpc) is 3.28. The summed E-state index contributed by atoms with van der Waals surface area (Å²) in [4.78, 5) is 30.8. The molecule has 1 atom stereocenters. The SMILES string of the molecule is COc1ccccc1C(=O)N1CCN(CCOc2cccc(CN(C)C[C@H]3CCC(=O)N3)c2)CC1. The second-order valence-corrected chi connectivity index (χ2v) is 9.33. The number of rotatable bonds is 10. The van der Waals surface area contributed by atoms with Crippen LogP contribution >= 0.6 is 0 Å². The van der Waals surface area contributed by atoms with Crippen molar-refractivity contribution in [2.45, 2.75) is 25.4 Å². The summed E-state index contributed by atoms with van der Waals surface area (Å²) in [6, 6.07) is 15.8. The van der Waals surface area contributed by atoms with Crippen LogP contribution < -0.4 is 14.8 Å². The predicted octanol–water partition coefficient (Wildman–Crippen LogP) is 2.24. The maximum absolute atomic E-state index is 12.9. The minimum atomic E-state index is 0.0236. The highest BCUT2D eigenvalue weighted by atomic mass is 16.5. The quantitative estimate of drug-likeness (QED) is 0.562. The van der Waals surface area contributed by atoms with E-state index < -0.39 is 0 Å². The lowest BCUT2D eigenvalue weighted by atomic mass is 10.1. The van der Waals surface area contributed by atoms with Crippen LogP contribution in [0.5, 0.6) is 11.5 Å². The minimum Gasteiger partial charge on any atom is -0.496 e. The highest BCUT2D eigenvalue weighted by molar-refractivity contribution is 5.97. The van der Waals surface area contributed by atoms with Gasteiger partial charge in [0.15, 0.2) is 0 Å². The highest BCUT2D eigenvalue weighted by Gasteiger charge is 2.24. The van der Waals surface area contributed by atoms with Crippen LogP contribution in [0.2, 0.25) is 0 Å². The zero-order valence-corrected chi connectivity index (χ0v) is 20.7. The molecule has 0 saturated carbocycles. The van der Waals surface area contributed by atoms with Gasteiger partial charge in [0.05, 0.1) is 12.7 Å². The summed E-state index contributed by atoms with van der Waals surface area (Å²) in [6.07, 6.45) is 1.55. The van der Waals surface area contributed by atoms with Gasteiger partial charge in [-0.2, -0.15) is 0 Å². The van der Waals surface area contributed by atoms with Gasteiger partial charge in [-0.25, -0.2) is 0 Å².